The molecule has 4 aliphatic carbocycles. The highest BCUT2D eigenvalue weighted by molar-refractivity contribution is 8.01. The van der Waals surface area contributed by atoms with Gasteiger partial charge in [-0.15, -0.1) is 11.3 Å². The van der Waals surface area contributed by atoms with Gasteiger partial charge in [-0.2, -0.15) is 0 Å². The van der Waals surface area contributed by atoms with Crippen LogP contribution in [0, 0.1) is 30.1 Å². The Balaban J connectivity index is 1.47. The number of thioether (sulfide) groups is 1. The number of aromatic carboxylic acids is 1. The Hall–Kier alpha value is -0.550. The van der Waals surface area contributed by atoms with Gasteiger partial charge in [0.2, 0.25) is 0 Å². The lowest BCUT2D eigenvalue weighted by Gasteiger charge is -2.56. The highest BCUT2D eigenvalue weighted by Gasteiger charge is 2.50. The molecule has 1 heterocycles. The van der Waals surface area contributed by atoms with Crippen LogP contribution >= 0.6 is 23.1 Å². The summed E-state index contributed by atoms with van der Waals surface area (Å²) in [6.45, 7) is 1.80. The average Bonchev–Trinajstić information content (AvgIpc) is 2.76. The molecule has 0 spiro atoms. The van der Waals surface area contributed by atoms with Gasteiger partial charge >= 0.3 is 5.97 Å². The third-order valence-electron chi connectivity index (χ3n) is 5.64. The van der Waals surface area contributed by atoms with Crippen LogP contribution in [0.5, 0.6) is 0 Å². The highest BCUT2D eigenvalue weighted by atomic mass is 32.2. The smallest absolute Gasteiger partial charge is 0.347 e. The van der Waals surface area contributed by atoms with E-state index in [-0.39, 0.29) is 0 Å². The van der Waals surface area contributed by atoms with Crippen molar-refractivity contribution in [3.8, 4) is 0 Å². The Labute approximate surface area is 133 Å². The van der Waals surface area contributed by atoms with Gasteiger partial charge in [-0.25, -0.2) is 9.78 Å². The molecule has 3 nitrogen and oxygen atoms in total. The molecule has 1 aromatic rings. The number of rotatable bonds is 4. The second-order valence-corrected chi connectivity index (χ2v) is 9.63. The molecule has 21 heavy (non-hydrogen) atoms. The van der Waals surface area contributed by atoms with E-state index in [0.717, 1.165) is 27.8 Å². The van der Waals surface area contributed by atoms with Crippen LogP contribution in [-0.4, -0.2) is 21.8 Å². The van der Waals surface area contributed by atoms with Crippen molar-refractivity contribution < 1.29 is 9.90 Å². The maximum Gasteiger partial charge on any atom is 0.347 e. The zero-order chi connectivity index (χ0) is 14.6. The number of carboxylic acid groups (broad SMARTS) is 1. The van der Waals surface area contributed by atoms with Gasteiger partial charge in [0.05, 0.1) is 5.69 Å². The first-order valence-electron chi connectivity index (χ1n) is 7.86. The number of aryl methyl sites for hydroxylation is 1. The Bertz CT molecular complexity index is 546. The van der Waals surface area contributed by atoms with E-state index in [0.29, 0.717) is 16.0 Å². The van der Waals surface area contributed by atoms with Gasteiger partial charge < -0.3 is 5.11 Å². The fraction of sp³-hybridized carbons (Fsp3) is 0.750. The van der Waals surface area contributed by atoms with Crippen LogP contribution in [0.2, 0.25) is 0 Å². The van der Waals surface area contributed by atoms with Gasteiger partial charge in [-0.1, -0.05) is 11.8 Å². The normalized spacial score (nSPS) is 37.1. The minimum absolute atomic E-state index is 0.406. The van der Waals surface area contributed by atoms with Gasteiger partial charge in [0, 0.05) is 5.75 Å². The predicted molar refractivity (Wildman–Crippen MR) is 85.1 cm³/mol. The Morgan fingerprint density at radius 3 is 2.33 bits per heavy atom. The van der Waals surface area contributed by atoms with E-state index in [1.165, 1.54) is 49.9 Å². The number of nitrogens with zero attached hydrogens (tertiary/aromatic N) is 1. The van der Waals surface area contributed by atoms with E-state index in [1.807, 2.05) is 0 Å². The summed E-state index contributed by atoms with van der Waals surface area (Å²) < 4.78 is 0.945. The molecule has 0 saturated heterocycles. The van der Waals surface area contributed by atoms with Crippen molar-refractivity contribution in [1.29, 1.82) is 0 Å². The summed E-state index contributed by atoms with van der Waals surface area (Å²) in [7, 11) is 0. The van der Waals surface area contributed by atoms with Crippen LogP contribution in [0.4, 0.5) is 0 Å². The molecular formula is C16H21NO2S2. The van der Waals surface area contributed by atoms with Crippen molar-refractivity contribution in [2.75, 3.05) is 5.75 Å². The fourth-order valence-electron chi connectivity index (χ4n) is 5.31. The van der Waals surface area contributed by atoms with E-state index >= 15 is 0 Å². The average molecular weight is 323 g/mol. The third-order valence-corrected chi connectivity index (χ3v) is 8.28. The Morgan fingerprint density at radius 2 is 1.86 bits per heavy atom. The quantitative estimate of drug-likeness (QED) is 0.831. The summed E-state index contributed by atoms with van der Waals surface area (Å²) in [5, 5.41) is 9.14. The third kappa shape index (κ3) is 2.52. The summed E-state index contributed by atoms with van der Waals surface area (Å²) in [5.74, 6) is 3.23. The van der Waals surface area contributed by atoms with Gasteiger partial charge in [-0.05, 0) is 68.6 Å². The zero-order valence-corrected chi connectivity index (χ0v) is 13.9. The predicted octanol–water partition coefficient (Wildman–Crippen LogP) is 4.46. The van der Waals surface area contributed by atoms with E-state index < -0.39 is 5.97 Å². The van der Waals surface area contributed by atoms with Crippen LogP contribution < -0.4 is 0 Å². The lowest BCUT2D eigenvalue weighted by Crippen LogP contribution is -2.47. The summed E-state index contributed by atoms with van der Waals surface area (Å²) in [6, 6.07) is 0. The second kappa shape index (κ2) is 4.98. The fourth-order valence-corrected chi connectivity index (χ4v) is 7.60. The Kier molecular flexibility index (Phi) is 3.34. The van der Waals surface area contributed by atoms with E-state index in [4.69, 9.17) is 5.11 Å². The second-order valence-electron chi connectivity index (χ2n) is 7.41. The summed E-state index contributed by atoms with van der Waals surface area (Å²) in [5.41, 5.74) is 1.20. The number of carboxylic acids is 1. The number of carbonyl (C=O) groups is 1. The summed E-state index contributed by atoms with van der Waals surface area (Å²) >= 11 is 3.15. The van der Waals surface area contributed by atoms with Crippen LogP contribution in [0.1, 0.15) is 53.9 Å². The lowest BCUT2D eigenvalue weighted by molar-refractivity contribution is -0.0381. The minimum Gasteiger partial charge on any atom is -0.477 e. The van der Waals surface area contributed by atoms with Crippen molar-refractivity contribution in [1.82, 2.24) is 4.98 Å². The molecule has 1 N–H and O–H groups in total. The van der Waals surface area contributed by atoms with Crippen LogP contribution in [0.15, 0.2) is 4.34 Å². The van der Waals surface area contributed by atoms with Crippen molar-refractivity contribution in [2.45, 2.75) is 49.8 Å². The van der Waals surface area contributed by atoms with Crippen LogP contribution in [-0.2, 0) is 0 Å². The van der Waals surface area contributed by atoms with Gasteiger partial charge in [0.1, 0.15) is 4.88 Å². The molecule has 114 valence electrons. The minimum atomic E-state index is -0.841. The molecule has 4 bridgehead atoms. The molecular weight excluding hydrogens is 302 g/mol. The molecule has 0 unspecified atom stereocenters. The van der Waals surface area contributed by atoms with Gasteiger partial charge in [0.25, 0.3) is 0 Å². The summed E-state index contributed by atoms with van der Waals surface area (Å²) in [6.07, 6.45) is 8.64. The largest absolute Gasteiger partial charge is 0.477 e. The van der Waals surface area contributed by atoms with Crippen LogP contribution in [0.25, 0.3) is 0 Å². The Morgan fingerprint density at radius 1 is 1.29 bits per heavy atom. The standard InChI is InChI=1S/C16H21NO2S2/c1-9-13(14(18)19)21-15(17-9)20-8-16-5-10-2-11(6-16)4-12(3-10)7-16/h10-12H,2-8H2,1H3,(H,18,19). The first kappa shape index (κ1) is 14.1. The van der Waals surface area contributed by atoms with Crippen molar-refractivity contribution in [3.05, 3.63) is 10.6 Å². The van der Waals surface area contributed by atoms with E-state index in [9.17, 15) is 4.79 Å². The van der Waals surface area contributed by atoms with Crippen molar-refractivity contribution in [2.24, 2.45) is 23.2 Å². The first-order valence-corrected chi connectivity index (χ1v) is 9.67. The molecule has 0 aliphatic heterocycles. The molecule has 5 rings (SSSR count). The lowest BCUT2D eigenvalue weighted by atomic mass is 9.50. The van der Waals surface area contributed by atoms with Gasteiger partial charge in [-0.3, -0.25) is 0 Å². The molecule has 4 aliphatic rings. The molecule has 0 radical (unpaired) electrons. The number of hydrogen-bond acceptors (Lipinski definition) is 4. The maximum atomic E-state index is 11.1. The van der Waals surface area contributed by atoms with Crippen LogP contribution in [0.3, 0.4) is 0 Å². The molecule has 0 atom stereocenters. The molecule has 1 aromatic heterocycles. The molecule has 4 saturated carbocycles. The van der Waals surface area contributed by atoms with Gasteiger partial charge in [0.15, 0.2) is 4.34 Å². The van der Waals surface area contributed by atoms with E-state index in [2.05, 4.69) is 4.98 Å². The molecule has 5 heteroatoms. The highest BCUT2D eigenvalue weighted by Crippen LogP contribution is 2.61. The monoisotopic (exact) mass is 323 g/mol. The van der Waals surface area contributed by atoms with Crippen molar-refractivity contribution in [3.63, 3.8) is 0 Å². The topological polar surface area (TPSA) is 50.2 Å². The SMILES string of the molecule is Cc1nc(SCC23CC4CC(CC(C4)C2)C3)sc1C(=O)O. The number of hydrogen-bond donors (Lipinski definition) is 1. The zero-order valence-electron chi connectivity index (χ0n) is 12.3. The molecule has 0 amide bonds. The molecule has 4 fully saturated rings. The summed E-state index contributed by atoms with van der Waals surface area (Å²) in [4.78, 5) is 16.0. The maximum absolute atomic E-state index is 11.1. The van der Waals surface area contributed by atoms with Crippen molar-refractivity contribution >= 4 is 29.1 Å². The number of thiazole rings is 1. The molecule has 0 aromatic carbocycles. The number of aromatic nitrogens is 1. The van der Waals surface area contributed by atoms with E-state index in [1.54, 1.807) is 18.7 Å². The first-order chi connectivity index (χ1) is 10.0.